The summed E-state index contributed by atoms with van der Waals surface area (Å²) in [5.74, 6) is -0.917. The van der Waals surface area contributed by atoms with Crippen molar-refractivity contribution >= 4 is 57.9 Å². The largest absolute Gasteiger partial charge is 0.370 e. The number of halogens is 1. The Morgan fingerprint density at radius 3 is 2.46 bits per heavy atom. The summed E-state index contributed by atoms with van der Waals surface area (Å²) in [6, 6.07) is 8.59. The van der Waals surface area contributed by atoms with Crippen LogP contribution in [0.1, 0.15) is 35.0 Å². The molecule has 1 aromatic carbocycles. The average molecular weight is 519 g/mol. The van der Waals surface area contributed by atoms with E-state index in [-0.39, 0.29) is 43.1 Å². The van der Waals surface area contributed by atoms with E-state index in [1.165, 1.54) is 6.92 Å². The molecule has 2 aromatic rings. The monoisotopic (exact) mass is 518 g/mol. The molecular formula is C24H27ClN4O5S. The van der Waals surface area contributed by atoms with Crippen LogP contribution in [0.4, 0.5) is 11.4 Å². The number of thiophene rings is 1. The van der Waals surface area contributed by atoms with Crippen molar-refractivity contribution in [3.05, 3.63) is 45.1 Å². The molecule has 9 nitrogen and oxygen atoms in total. The predicted molar refractivity (Wildman–Crippen MR) is 134 cm³/mol. The molecule has 2 N–H and O–H groups in total. The van der Waals surface area contributed by atoms with Crippen LogP contribution < -0.4 is 15.5 Å². The van der Waals surface area contributed by atoms with Gasteiger partial charge in [-0.15, -0.1) is 11.3 Å². The Labute approximate surface area is 212 Å². The van der Waals surface area contributed by atoms with E-state index in [2.05, 4.69) is 10.6 Å². The van der Waals surface area contributed by atoms with Crippen LogP contribution in [0.25, 0.3) is 0 Å². The number of aryl methyl sites for hydroxylation is 1. The molecule has 0 spiro atoms. The fraction of sp³-hybridized carbons (Fsp3) is 0.417. The molecule has 11 heteroatoms. The number of anilines is 2. The molecule has 0 radical (unpaired) electrons. The number of likely N-dealkylation sites (tertiary alicyclic amines) is 1. The number of morpholine rings is 1. The fourth-order valence-corrected chi connectivity index (χ4v) is 5.33. The van der Waals surface area contributed by atoms with Gasteiger partial charge in [0.2, 0.25) is 11.8 Å². The Morgan fingerprint density at radius 2 is 1.86 bits per heavy atom. The lowest BCUT2D eigenvalue weighted by molar-refractivity contribution is -0.133. The van der Waals surface area contributed by atoms with Gasteiger partial charge >= 0.3 is 0 Å². The van der Waals surface area contributed by atoms with Crippen molar-refractivity contribution < 1.29 is 23.9 Å². The van der Waals surface area contributed by atoms with Gasteiger partial charge in [0.15, 0.2) is 0 Å². The molecule has 2 fully saturated rings. The van der Waals surface area contributed by atoms with Crippen LogP contribution in [-0.4, -0.2) is 66.9 Å². The third-order valence-electron chi connectivity index (χ3n) is 6.38. The third-order valence-corrected chi connectivity index (χ3v) is 7.61. The van der Waals surface area contributed by atoms with E-state index < -0.39 is 5.54 Å². The van der Waals surface area contributed by atoms with Gasteiger partial charge in [-0.3, -0.25) is 19.2 Å². The van der Waals surface area contributed by atoms with Gasteiger partial charge in [0, 0.05) is 37.9 Å². The summed E-state index contributed by atoms with van der Waals surface area (Å²) in [5.41, 5.74) is 0.963. The first-order valence-electron chi connectivity index (χ1n) is 11.3. The molecule has 2 aliphatic rings. The van der Waals surface area contributed by atoms with Gasteiger partial charge < -0.3 is 25.2 Å². The van der Waals surface area contributed by atoms with E-state index in [0.29, 0.717) is 41.1 Å². The number of hydrogen-bond acceptors (Lipinski definition) is 6. The Balaban J connectivity index is 1.54. The lowest BCUT2D eigenvalue weighted by atomic mass is 9.86. The van der Waals surface area contributed by atoms with Gasteiger partial charge in [0.1, 0.15) is 12.1 Å². The summed E-state index contributed by atoms with van der Waals surface area (Å²) in [6.45, 7) is 5.06. The van der Waals surface area contributed by atoms with Crippen molar-refractivity contribution in [1.29, 1.82) is 0 Å². The quantitative estimate of drug-likeness (QED) is 0.633. The maximum Gasteiger partial charge on any atom is 0.262 e. The van der Waals surface area contributed by atoms with Crippen LogP contribution in [0.15, 0.2) is 30.3 Å². The second-order valence-electron chi connectivity index (χ2n) is 8.70. The summed E-state index contributed by atoms with van der Waals surface area (Å²) in [7, 11) is 0. The predicted octanol–water partition coefficient (Wildman–Crippen LogP) is 2.82. The van der Waals surface area contributed by atoms with Crippen LogP contribution in [0.2, 0.25) is 4.34 Å². The maximum atomic E-state index is 13.6. The molecule has 0 unspecified atom stereocenters. The summed E-state index contributed by atoms with van der Waals surface area (Å²) in [4.78, 5) is 54.3. The molecule has 0 saturated carbocycles. The number of amides is 4. The van der Waals surface area contributed by atoms with Gasteiger partial charge in [-0.1, -0.05) is 11.6 Å². The molecule has 4 rings (SSSR count). The number of hydrogen-bond donors (Lipinski definition) is 2. The standard InChI is InChI=1S/C24H27ClN4O5S/c1-15-13-17(3-4-18(15)29-11-12-34-14-21(29)31)26-23(33)24(7-9-28(10-8-24)16(2)30)27-22(32)19-5-6-20(25)35-19/h3-6,13H,7-12,14H2,1-2H3,(H,26,33)(H,27,32). The molecule has 0 atom stereocenters. The highest BCUT2D eigenvalue weighted by molar-refractivity contribution is 7.18. The van der Waals surface area contributed by atoms with Crippen LogP contribution in [0.3, 0.4) is 0 Å². The van der Waals surface area contributed by atoms with Crippen molar-refractivity contribution in [1.82, 2.24) is 10.2 Å². The molecule has 2 saturated heterocycles. The Kier molecular flexibility index (Phi) is 7.44. The highest BCUT2D eigenvalue weighted by Crippen LogP contribution is 2.29. The number of ether oxygens (including phenoxy) is 1. The van der Waals surface area contributed by atoms with Crippen molar-refractivity contribution in [3.8, 4) is 0 Å². The second kappa shape index (κ2) is 10.3. The Bertz CT molecular complexity index is 1160. The van der Waals surface area contributed by atoms with Crippen LogP contribution >= 0.6 is 22.9 Å². The highest BCUT2D eigenvalue weighted by Gasteiger charge is 2.43. The van der Waals surface area contributed by atoms with Crippen molar-refractivity contribution in [3.63, 3.8) is 0 Å². The number of rotatable bonds is 5. The summed E-state index contributed by atoms with van der Waals surface area (Å²) < 4.78 is 5.68. The van der Waals surface area contributed by atoms with Crippen molar-refractivity contribution in [2.24, 2.45) is 0 Å². The third kappa shape index (κ3) is 5.50. The molecule has 186 valence electrons. The van der Waals surface area contributed by atoms with Gasteiger partial charge in [0.25, 0.3) is 11.8 Å². The molecule has 0 aliphatic carbocycles. The smallest absolute Gasteiger partial charge is 0.262 e. The number of nitrogens with zero attached hydrogens (tertiary/aromatic N) is 2. The van der Waals surface area contributed by atoms with E-state index in [9.17, 15) is 19.2 Å². The van der Waals surface area contributed by atoms with Crippen LogP contribution in [0.5, 0.6) is 0 Å². The average Bonchev–Trinajstić information content (AvgIpc) is 3.26. The summed E-state index contributed by atoms with van der Waals surface area (Å²) in [6.07, 6.45) is 0.561. The minimum absolute atomic E-state index is 0.0485. The van der Waals surface area contributed by atoms with E-state index in [1.54, 1.807) is 40.1 Å². The van der Waals surface area contributed by atoms with Crippen molar-refractivity contribution in [2.45, 2.75) is 32.2 Å². The fourth-order valence-electron chi connectivity index (χ4n) is 4.39. The number of carbonyl (C=O) groups excluding carboxylic acids is 4. The molecule has 3 heterocycles. The number of piperidine rings is 1. The zero-order chi connectivity index (χ0) is 25.2. The normalized spacial score (nSPS) is 17.7. The second-order valence-corrected chi connectivity index (χ2v) is 10.4. The minimum Gasteiger partial charge on any atom is -0.370 e. The Hall–Kier alpha value is -2.95. The molecule has 0 bridgehead atoms. The number of carbonyl (C=O) groups is 4. The topological polar surface area (TPSA) is 108 Å². The first-order valence-corrected chi connectivity index (χ1v) is 12.5. The zero-order valence-electron chi connectivity index (χ0n) is 19.6. The molecular weight excluding hydrogens is 492 g/mol. The maximum absolute atomic E-state index is 13.6. The lowest BCUT2D eigenvalue weighted by Crippen LogP contribution is -2.62. The number of benzene rings is 1. The van der Waals surface area contributed by atoms with Crippen LogP contribution in [0, 0.1) is 6.92 Å². The molecule has 4 amide bonds. The van der Waals surface area contributed by atoms with E-state index in [1.807, 2.05) is 6.92 Å². The van der Waals surface area contributed by atoms with Crippen molar-refractivity contribution in [2.75, 3.05) is 43.1 Å². The van der Waals surface area contributed by atoms with E-state index in [4.69, 9.17) is 16.3 Å². The van der Waals surface area contributed by atoms with Gasteiger partial charge in [-0.05, 0) is 55.7 Å². The number of nitrogens with one attached hydrogen (secondary N) is 2. The SMILES string of the molecule is CC(=O)N1CCC(NC(=O)c2ccc(Cl)s2)(C(=O)Nc2ccc(N3CCOCC3=O)c(C)c2)CC1. The van der Waals surface area contributed by atoms with Gasteiger partial charge in [0.05, 0.1) is 15.8 Å². The molecule has 35 heavy (non-hydrogen) atoms. The van der Waals surface area contributed by atoms with E-state index in [0.717, 1.165) is 22.6 Å². The first kappa shape index (κ1) is 25.2. The van der Waals surface area contributed by atoms with Gasteiger partial charge in [-0.25, -0.2) is 0 Å². The summed E-state index contributed by atoms with van der Waals surface area (Å²) >= 11 is 7.12. The molecule has 1 aromatic heterocycles. The van der Waals surface area contributed by atoms with E-state index >= 15 is 0 Å². The minimum atomic E-state index is -1.19. The summed E-state index contributed by atoms with van der Waals surface area (Å²) in [5, 5.41) is 5.85. The molecule has 2 aliphatic heterocycles. The van der Waals surface area contributed by atoms with Crippen LogP contribution in [-0.2, 0) is 19.1 Å². The zero-order valence-corrected chi connectivity index (χ0v) is 21.1. The Morgan fingerprint density at radius 1 is 1.11 bits per heavy atom. The first-order chi connectivity index (χ1) is 16.7. The highest BCUT2D eigenvalue weighted by atomic mass is 35.5. The van der Waals surface area contributed by atoms with Gasteiger partial charge in [-0.2, -0.15) is 0 Å². The lowest BCUT2D eigenvalue weighted by Gasteiger charge is -2.40.